The van der Waals surface area contributed by atoms with Crippen LogP contribution in [-0.2, 0) is 4.79 Å². The van der Waals surface area contributed by atoms with Crippen LogP contribution >= 0.6 is 0 Å². The quantitative estimate of drug-likeness (QED) is 0.535. The number of nitrogens with one attached hydrogen (secondary N) is 1. The van der Waals surface area contributed by atoms with Crippen molar-refractivity contribution in [3.8, 4) is 0 Å². The fourth-order valence-electron chi connectivity index (χ4n) is 1.84. The van der Waals surface area contributed by atoms with Crippen molar-refractivity contribution in [1.29, 1.82) is 0 Å². The van der Waals surface area contributed by atoms with Crippen molar-refractivity contribution in [2.24, 2.45) is 5.73 Å². The van der Waals surface area contributed by atoms with E-state index in [-0.39, 0.29) is 5.91 Å². The van der Waals surface area contributed by atoms with Gasteiger partial charge in [0.25, 0.3) is 0 Å². The first kappa shape index (κ1) is 18.4. The second-order valence-electron chi connectivity index (χ2n) is 5.58. The highest BCUT2D eigenvalue weighted by molar-refractivity contribution is 5.75. The van der Waals surface area contributed by atoms with E-state index in [1.165, 1.54) is 0 Å². The molecule has 0 heterocycles. The number of nitrogens with zero attached hydrogens (tertiary/aromatic N) is 1. The topological polar surface area (TPSA) is 58.4 Å². The summed E-state index contributed by atoms with van der Waals surface area (Å²) < 4.78 is 0. The molecule has 0 bridgehead atoms. The summed E-state index contributed by atoms with van der Waals surface area (Å²) in [5.74, 6) is 0.199. The van der Waals surface area contributed by atoms with Gasteiger partial charge in [0.05, 0.1) is 0 Å². The Hall–Kier alpha value is -0.610. The lowest BCUT2D eigenvalue weighted by Gasteiger charge is -2.20. The zero-order valence-electron chi connectivity index (χ0n) is 13.1. The van der Waals surface area contributed by atoms with Gasteiger partial charge in [0.15, 0.2) is 0 Å². The average molecular weight is 271 g/mol. The lowest BCUT2D eigenvalue weighted by molar-refractivity contribution is -0.121. The first-order valence-electron chi connectivity index (χ1n) is 7.75. The zero-order chi connectivity index (χ0) is 14.5. The Bertz CT molecular complexity index is 219. The predicted molar refractivity (Wildman–Crippen MR) is 82.1 cm³/mol. The summed E-state index contributed by atoms with van der Waals surface area (Å²) in [6, 6.07) is 0.600. The maximum absolute atomic E-state index is 11.5. The molecule has 0 unspecified atom stereocenters. The van der Waals surface area contributed by atoms with Crippen LogP contribution < -0.4 is 11.1 Å². The smallest absolute Gasteiger partial charge is 0.219 e. The van der Waals surface area contributed by atoms with Gasteiger partial charge < -0.3 is 16.0 Å². The summed E-state index contributed by atoms with van der Waals surface area (Å²) in [6.45, 7) is 7.08. The molecule has 114 valence electrons. The van der Waals surface area contributed by atoms with E-state index in [0.717, 1.165) is 58.2 Å². The summed E-state index contributed by atoms with van der Waals surface area (Å²) in [6.07, 6.45) is 7.19. The Kier molecular flexibility index (Phi) is 12.0. The van der Waals surface area contributed by atoms with Crippen molar-refractivity contribution in [3.05, 3.63) is 0 Å². The third kappa shape index (κ3) is 12.2. The molecule has 0 aliphatic rings. The monoisotopic (exact) mass is 271 g/mol. The van der Waals surface area contributed by atoms with E-state index in [1.54, 1.807) is 0 Å². The van der Waals surface area contributed by atoms with Crippen LogP contribution in [0.15, 0.2) is 0 Å². The Balaban J connectivity index is 3.29. The van der Waals surface area contributed by atoms with Crippen molar-refractivity contribution in [2.45, 2.75) is 64.8 Å². The van der Waals surface area contributed by atoms with Gasteiger partial charge in [-0.15, -0.1) is 0 Å². The first-order chi connectivity index (χ1) is 9.07. The second kappa shape index (κ2) is 12.4. The number of amides is 1. The number of rotatable bonds is 12. The van der Waals surface area contributed by atoms with Gasteiger partial charge in [-0.3, -0.25) is 4.79 Å². The molecule has 0 saturated heterocycles. The summed E-state index contributed by atoms with van der Waals surface area (Å²) in [5, 5.41) is 2.99. The van der Waals surface area contributed by atoms with Crippen molar-refractivity contribution >= 4 is 5.91 Å². The van der Waals surface area contributed by atoms with Crippen LogP contribution in [0, 0.1) is 0 Å². The third-order valence-electron chi connectivity index (χ3n) is 3.50. The minimum Gasteiger partial charge on any atom is -0.356 e. The van der Waals surface area contributed by atoms with Crippen LogP contribution in [-0.4, -0.2) is 43.5 Å². The normalized spacial score (nSPS) is 11.3. The molecule has 19 heavy (non-hydrogen) atoms. The molecule has 3 N–H and O–H groups in total. The number of hydrogen-bond acceptors (Lipinski definition) is 3. The summed E-state index contributed by atoms with van der Waals surface area (Å²) in [4.78, 5) is 13.9. The molecule has 0 rings (SSSR count). The van der Waals surface area contributed by atoms with Crippen LogP contribution in [0.4, 0.5) is 0 Å². The SMILES string of the molecule is CC(C)N(C)CCCCNC(=O)CCCCCCN. The van der Waals surface area contributed by atoms with E-state index < -0.39 is 0 Å². The predicted octanol–water partition coefficient (Wildman–Crippen LogP) is 2.13. The van der Waals surface area contributed by atoms with Gasteiger partial charge >= 0.3 is 0 Å². The molecule has 0 aromatic rings. The van der Waals surface area contributed by atoms with Crippen molar-refractivity contribution in [2.75, 3.05) is 26.7 Å². The van der Waals surface area contributed by atoms with Gasteiger partial charge in [0.1, 0.15) is 0 Å². The molecule has 4 nitrogen and oxygen atoms in total. The van der Waals surface area contributed by atoms with Gasteiger partial charge in [-0.2, -0.15) is 0 Å². The zero-order valence-corrected chi connectivity index (χ0v) is 13.1. The number of carbonyl (C=O) groups is 1. The Labute approximate surface area is 119 Å². The highest BCUT2D eigenvalue weighted by Gasteiger charge is 2.03. The van der Waals surface area contributed by atoms with Crippen LogP contribution in [0.1, 0.15) is 58.8 Å². The number of hydrogen-bond donors (Lipinski definition) is 2. The fraction of sp³-hybridized carbons (Fsp3) is 0.933. The van der Waals surface area contributed by atoms with Gasteiger partial charge in [0.2, 0.25) is 5.91 Å². The standard InChI is InChI=1S/C15H33N3O/c1-14(2)18(3)13-9-8-12-17-15(19)10-6-4-5-7-11-16/h14H,4-13,16H2,1-3H3,(H,17,19). The molecular weight excluding hydrogens is 238 g/mol. The van der Waals surface area contributed by atoms with Crippen molar-refractivity contribution in [1.82, 2.24) is 10.2 Å². The van der Waals surface area contributed by atoms with Crippen molar-refractivity contribution < 1.29 is 4.79 Å². The van der Waals surface area contributed by atoms with Crippen LogP contribution in [0.2, 0.25) is 0 Å². The first-order valence-corrected chi connectivity index (χ1v) is 7.75. The molecule has 0 aromatic carbocycles. The van der Waals surface area contributed by atoms with Crippen molar-refractivity contribution in [3.63, 3.8) is 0 Å². The third-order valence-corrected chi connectivity index (χ3v) is 3.50. The van der Waals surface area contributed by atoms with Crippen LogP contribution in [0.5, 0.6) is 0 Å². The van der Waals surface area contributed by atoms with Gasteiger partial charge in [-0.25, -0.2) is 0 Å². The van der Waals surface area contributed by atoms with E-state index in [2.05, 4.69) is 31.1 Å². The molecule has 0 radical (unpaired) electrons. The Morgan fingerprint density at radius 2 is 1.79 bits per heavy atom. The van der Waals surface area contributed by atoms with E-state index in [0.29, 0.717) is 12.5 Å². The fourth-order valence-corrected chi connectivity index (χ4v) is 1.84. The number of unbranched alkanes of at least 4 members (excludes halogenated alkanes) is 4. The van der Waals surface area contributed by atoms with E-state index >= 15 is 0 Å². The molecule has 0 fully saturated rings. The molecule has 0 saturated carbocycles. The molecule has 0 aliphatic carbocycles. The molecule has 0 aromatic heterocycles. The molecule has 0 aliphatic heterocycles. The minimum absolute atomic E-state index is 0.199. The Morgan fingerprint density at radius 1 is 1.11 bits per heavy atom. The molecule has 1 amide bonds. The largest absolute Gasteiger partial charge is 0.356 e. The van der Waals surface area contributed by atoms with E-state index in [1.807, 2.05) is 0 Å². The van der Waals surface area contributed by atoms with Crippen LogP contribution in [0.3, 0.4) is 0 Å². The maximum atomic E-state index is 11.5. The lowest BCUT2D eigenvalue weighted by Crippen LogP contribution is -2.28. The van der Waals surface area contributed by atoms with E-state index in [4.69, 9.17) is 5.73 Å². The average Bonchev–Trinajstić information content (AvgIpc) is 2.37. The highest BCUT2D eigenvalue weighted by atomic mass is 16.1. The maximum Gasteiger partial charge on any atom is 0.219 e. The molecule has 0 atom stereocenters. The molecule has 4 heteroatoms. The number of carbonyl (C=O) groups excluding carboxylic acids is 1. The highest BCUT2D eigenvalue weighted by Crippen LogP contribution is 2.02. The lowest BCUT2D eigenvalue weighted by atomic mass is 10.1. The van der Waals surface area contributed by atoms with Gasteiger partial charge in [0, 0.05) is 19.0 Å². The van der Waals surface area contributed by atoms with Gasteiger partial charge in [-0.05, 0) is 59.7 Å². The Morgan fingerprint density at radius 3 is 2.42 bits per heavy atom. The van der Waals surface area contributed by atoms with E-state index in [9.17, 15) is 4.79 Å². The summed E-state index contributed by atoms with van der Waals surface area (Å²) in [7, 11) is 2.14. The molecular formula is C15H33N3O. The summed E-state index contributed by atoms with van der Waals surface area (Å²) in [5.41, 5.74) is 5.42. The minimum atomic E-state index is 0.199. The van der Waals surface area contributed by atoms with Crippen LogP contribution in [0.25, 0.3) is 0 Å². The summed E-state index contributed by atoms with van der Waals surface area (Å²) >= 11 is 0. The molecule has 0 spiro atoms. The number of nitrogens with two attached hydrogens (primary N) is 1. The van der Waals surface area contributed by atoms with Gasteiger partial charge in [-0.1, -0.05) is 12.8 Å². The second-order valence-corrected chi connectivity index (χ2v) is 5.58.